The van der Waals surface area contributed by atoms with Crippen molar-refractivity contribution in [2.75, 3.05) is 11.9 Å². The molecule has 0 heterocycles. The van der Waals surface area contributed by atoms with E-state index in [0.29, 0.717) is 0 Å². The summed E-state index contributed by atoms with van der Waals surface area (Å²) in [4.78, 5) is 14.0. The highest BCUT2D eigenvalue weighted by atomic mass is 19.1. The number of carbonyl (C=O) groups excluding carboxylic acids is 1. The van der Waals surface area contributed by atoms with Gasteiger partial charge in [-0.3, -0.25) is 4.79 Å². The number of nitrogens with zero attached hydrogens (tertiary/aromatic N) is 2. The van der Waals surface area contributed by atoms with Gasteiger partial charge in [0, 0.05) is 18.4 Å². The molecule has 26 heavy (non-hydrogen) atoms. The Bertz CT molecular complexity index is 908. The van der Waals surface area contributed by atoms with E-state index in [1.54, 1.807) is 6.07 Å². The summed E-state index contributed by atoms with van der Waals surface area (Å²) in [6, 6.07) is 23.5. The third-order valence-electron chi connectivity index (χ3n) is 3.92. The van der Waals surface area contributed by atoms with Gasteiger partial charge in [0.25, 0.3) is 5.91 Å². The van der Waals surface area contributed by atoms with E-state index < -0.39 is 11.7 Å². The molecule has 1 amide bonds. The van der Waals surface area contributed by atoms with Crippen LogP contribution in [0.4, 0.5) is 15.8 Å². The van der Waals surface area contributed by atoms with Crippen molar-refractivity contribution in [2.24, 2.45) is 5.10 Å². The van der Waals surface area contributed by atoms with E-state index in [9.17, 15) is 9.18 Å². The van der Waals surface area contributed by atoms with Crippen molar-refractivity contribution < 1.29 is 9.18 Å². The van der Waals surface area contributed by atoms with E-state index >= 15 is 0 Å². The average Bonchev–Trinajstić information content (AvgIpc) is 2.69. The maximum Gasteiger partial charge on any atom is 0.274 e. The van der Waals surface area contributed by atoms with Crippen molar-refractivity contribution >= 4 is 23.5 Å². The standard InChI is InChI=1S/C21H18FN3O/c1-25(17-7-3-2-4-8-17)18-13-11-16(12-14-18)15-23-24-21(26)19-9-5-6-10-20(19)22/h2-15H,1H3,(H,24,26)/b23-15-. The fourth-order valence-corrected chi connectivity index (χ4v) is 2.46. The first kappa shape index (κ1) is 17.4. The number of para-hydroxylation sites is 1. The molecular weight excluding hydrogens is 329 g/mol. The van der Waals surface area contributed by atoms with Gasteiger partial charge in [0.1, 0.15) is 5.82 Å². The molecule has 4 nitrogen and oxygen atoms in total. The number of benzene rings is 3. The summed E-state index contributed by atoms with van der Waals surface area (Å²) < 4.78 is 13.5. The molecule has 0 bridgehead atoms. The fourth-order valence-electron chi connectivity index (χ4n) is 2.46. The minimum absolute atomic E-state index is 0.0375. The number of hydrogen-bond donors (Lipinski definition) is 1. The Morgan fingerprint density at radius 1 is 0.923 bits per heavy atom. The molecule has 0 saturated carbocycles. The number of hydrazone groups is 1. The summed E-state index contributed by atoms with van der Waals surface area (Å²) in [5.74, 6) is -1.16. The van der Waals surface area contributed by atoms with Crippen molar-refractivity contribution in [1.82, 2.24) is 5.43 Å². The van der Waals surface area contributed by atoms with E-state index in [1.165, 1.54) is 24.4 Å². The van der Waals surface area contributed by atoms with Gasteiger partial charge >= 0.3 is 0 Å². The van der Waals surface area contributed by atoms with Crippen LogP contribution in [0, 0.1) is 5.82 Å². The summed E-state index contributed by atoms with van der Waals surface area (Å²) in [7, 11) is 1.99. The normalized spacial score (nSPS) is 10.7. The van der Waals surface area contributed by atoms with Gasteiger partial charge in [-0.2, -0.15) is 5.10 Å². The van der Waals surface area contributed by atoms with Gasteiger partial charge in [-0.1, -0.05) is 42.5 Å². The van der Waals surface area contributed by atoms with E-state index in [2.05, 4.69) is 15.4 Å². The average molecular weight is 347 g/mol. The number of amides is 1. The fraction of sp³-hybridized carbons (Fsp3) is 0.0476. The first-order chi connectivity index (χ1) is 12.6. The molecule has 0 aliphatic carbocycles. The minimum atomic E-state index is -0.584. The molecule has 0 aliphatic rings. The first-order valence-electron chi connectivity index (χ1n) is 8.12. The van der Waals surface area contributed by atoms with Crippen molar-refractivity contribution in [3.05, 3.63) is 95.8 Å². The monoisotopic (exact) mass is 347 g/mol. The summed E-state index contributed by atoms with van der Waals surface area (Å²) in [6.07, 6.45) is 1.52. The van der Waals surface area contributed by atoms with Crippen LogP contribution in [0.15, 0.2) is 84.0 Å². The second-order valence-electron chi connectivity index (χ2n) is 5.67. The Kier molecular flexibility index (Phi) is 5.39. The van der Waals surface area contributed by atoms with Crippen LogP contribution in [-0.4, -0.2) is 19.2 Å². The van der Waals surface area contributed by atoms with Gasteiger partial charge in [-0.25, -0.2) is 9.82 Å². The number of nitrogens with one attached hydrogen (secondary N) is 1. The topological polar surface area (TPSA) is 44.7 Å². The smallest absolute Gasteiger partial charge is 0.274 e. The Morgan fingerprint density at radius 2 is 1.54 bits per heavy atom. The number of halogens is 1. The van der Waals surface area contributed by atoms with E-state index in [0.717, 1.165) is 16.9 Å². The predicted octanol–water partition coefficient (Wildman–Crippen LogP) is 4.36. The van der Waals surface area contributed by atoms with Gasteiger partial charge in [0.05, 0.1) is 11.8 Å². The van der Waals surface area contributed by atoms with Crippen molar-refractivity contribution in [3.63, 3.8) is 0 Å². The molecule has 0 unspecified atom stereocenters. The highest BCUT2D eigenvalue weighted by molar-refractivity contribution is 5.95. The van der Waals surface area contributed by atoms with Gasteiger partial charge in [0.2, 0.25) is 0 Å². The summed E-state index contributed by atoms with van der Waals surface area (Å²) >= 11 is 0. The van der Waals surface area contributed by atoms with E-state index in [1.807, 2.05) is 61.6 Å². The molecule has 0 saturated heterocycles. The molecule has 0 fully saturated rings. The molecule has 130 valence electrons. The summed E-state index contributed by atoms with van der Waals surface area (Å²) in [6.45, 7) is 0. The quantitative estimate of drug-likeness (QED) is 0.551. The number of hydrogen-bond acceptors (Lipinski definition) is 3. The lowest BCUT2D eigenvalue weighted by Gasteiger charge is -2.19. The molecule has 1 N–H and O–H groups in total. The zero-order valence-electron chi connectivity index (χ0n) is 14.3. The largest absolute Gasteiger partial charge is 0.345 e. The lowest BCUT2D eigenvalue weighted by molar-refractivity contribution is 0.0951. The van der Waals surface area contributed by atoms with Crippen LogP contribution in [-0.2, 0) is 0 Å². The van der Waals surface area contributed by atoms with Crippen LogP contribution in [0.5, 0.6) is 0 Å². The molecule has 0 radical (unpaired) electrons. The lowest BCUT2D eigenvalue weighted by Crippen LogP contribution is -2.18. The van der Waals surface area contributed by atoms with Gasteiger partial charge in [-0.15, -0.1) is 0 Å². The van der Waals surface area contributed by atoms with Crippen molar-refractivity contribution in [3.8, 4) is 0 Å². The molecule has 0 aliphatic heterocycles. The predicted molar refractivity (Wildman–Crippen MR) is 102 cm³/mol. The first-order valence-corrected chi connectivity index (χ1v) is 8.12. The molecule has 0 aromatic heterocycles. The van der Waals surface area contributed by atoms with Gasteiger partial charge in [0.15, 0.2) is 0 Å². The maximum absolute atomic E-state index is 13.5. The molecule has 0 spiro atoms. The summed E-state index contributed by atoms with van der Waals surface area (Å²) in [5, 5.41) is 3.89. The highest BCUT2D eigenvalue weighted by Crippen LogP contribution is 2.22. The number of rotatable bonds is 5. The molecule has 0 atom stereocenters. The molecule has 5 heteroatoms. The zero-order valence-corrected chi connectivity index (χ0v) is 14.3. The lowest BCUT2D eigenvalue weighted by atomic mass is 10.2. The van der Waals surface area contributed by atoms with Gasteiger partial charge < -0.3 is 4.90 Å². The Hall–Kier alpha value is -3.47. The maximum atomic E-state index is 13.5. The van der Waals surface area contributed by atoms with Crippen LogP contribution in [0.3, 0.4) is 0 Å². The van der Waals surface area contributed by atoms with E-state index in [-0.39, 0.29) is 5.56 Å². The second kappa shape index (κ2) is 8.07. The molecule has 3 aromatic carbocycles. The van der Waals surface area contributed by atoms with Crippen LogP contribution in [0.2, 0.25) is 0 Å². The van der Waals surface area contributed by atoms with Crippen LogP contribution in [0.25, 0.3) is 0 Å². The number of carbonyl (C=O) groups is 1. The zero-order chi connectivity index (χ0) is 18.4. The van der Waals surface area contributed by atoms with E-state index in [4.69, 9.17) is 0 Å². The molecule has 3 aromatic rings. The van der Waals surface area contributed by atoms with Gasteiger partial charge in [-0.05, 0) is 42.0 Å². The Morgan fingerprint density at radius 3 is 2.23 bits per heavy atom. The third kappa shape index (κ3) is 4.13. The highest BCUT2D eigenvalue weighted by Gasteiger charge is 2.09. The molecular formula is C21H18FN3O. The number of anilines is 2. The van der Waals surface area contributed by atoms with Crippen LogP contribution < -0.4 is 10.3 Å². The summed E-state index contributed by atoms with van der Waals surface area (Å²) in [5.41, 5.74) is 5.24. The van der Waals surface area contributed by atoms with Crippen LogP contribution in [0.1, 0.15) is 15.9 Å². The third-order valence-corrected chi connectivity index (χ3v) is 3.92. The second-order valence-corrected chi connectivity index (χ2v) is 5.67. The van der Waals surface area contributed by atoms with Crippen molar-refractivity contribution in [1.29, 1.82) is 0 Å². The SMILES string of the molecule is CN(c1ccccc1)c1ccc(/C=N\NC(=O)c2ccccc2F)cc1. The minimum Gasteiger partial charge on any atom is -0.345 e. The Labute approximate surface area is 151 Å². The van der Waals surface area contributed by atoms with Crippen LogP contribution >= 0.6 is 0 Å². The van der Waals surface area contributed by atoms with Crippen molar-refractivity contribution in [2.45, 2.75) is 0 Å². The molecule has 3 rings (SSSR count). The Balaban J connectivity index is 1.63.